The molecule has 190 valence electrons. The van der Waals surface area contributed by atoms with Crippen LogP contribution in [0.1, 0.15) is 16.7 Å². The number of nitrogens with one attached hydrogen (secondary N) is 3. The van der Waals surface area contributed by atoms with Crippen molar-refractivity contribution >= 4 is 46.5 Å². The monoisotopic (exact) mass is 517 g/mol. The summed E-state index contributed by atoms with van der Waals surface area (Å²) in [6.07, 6.45) is 1.50. The van der Waals surface area contributed by atoms with Crippen molar-refractivity contribution in [3.05, 3.63) is 77.4 Å². The van der Waals surface area contributed by atoms with E-state index in [-0.39, 0.29) is 24.2 Å². The first-order valence-electron chi connectivity index (χ1n) is 11.5. The van der Waals surface area contributed by atoms with Crippen molar-refractivity contribution in [3.8, 4) is 11.5 Å². The number of anilines is 1. The minimum atomic E-state index is -0.275. The molecule has 0 aliphatic heterocycles. The summed E-state index contributed by atoms with van der Waals surface area (Å²) < 4.78 is 11.0. The Morgan fingerprint density at radius 1 is 1.05 bits per heavy atom. The lowest BCUT2D eigenvalue weighted by atomic mass is 10.1. The van der Waals surface area contributed by atoms with Gasteiger partial charge in [0.15, 0.2) is 23.3 Å². The number of amides is 2. The van der Waals surface area contributed by atoms with Crippen molar-refractivity contribution in [2.75, 3.05) is 24.8 Å². The summed E-state index contributed by atoms with van der Waals surface area (Å²) >= 11 is 1.30. The van der Waals surface area contributed by atoms with Crippen LogP contribution < -0.4 is 20.2 Å². The molecule has 2 amide bonds. The normalized spacial score (nSPS) is 11.0. The smallest absolute Gasteiger partial charge is 0.262 e. The fourth-order valence-electron chi connectivity index (χ4n) is 3.51. The van der Waals surface area contributed by atoms with Gasteiger partial charge in [-0.3, -0.25) is 9.59 Å². The highest BCUT2D eigenvalue weighted by atomic mass is 32.2. The van der Waals surface area contributed by atoms with Crippen molar-refractivity contribution in [1.82, 2.24) is 15.4 Å². The number of nitrogens with zero attached hydrogens (tertiary/aromatic N) is 2. The first kappa shape index (κ1) is 25.8. The number of hydrazone groups is 1. The summed E-state index contributed by atoms with van der Waals surface area (Å²) in [5, 5.41) is 7.53. The van der Waals surface area contributed by atoms with Crippen LogP contribution in [0.15, 0.2) is 70.9 Å². The standard InChI is InChI=1S/C27H27N5O4S/c1-17-8-10-20(18(2)12-17)29-25(33)15-36-23-11-9-19(13-24(23)35-3)14-28-32-26(34)16-37-27-30-21-6-4-5-7-22(21)31-27/h4-14H,15-16H2,1-3H3,(H,29,33)(H,30,31)(H,32,34)/b28-14+. The van der Waals surface area contributed by atoms with Gasteiger partial charge in [0, 0.05) is 5.69 Å². The summed E-state index contributed by atoms with van der Waals surface area (Å²) in [5.74, 6) is 0.486. The maximum atomic E-state index is 12.3. The van der Waals surface area contributed by atoms with E-state index >= 15 is 0 Å². The lowest BCUT2D eigenvalue weighted by Crippen LogP contribution is -2.21. The van der Waals surface area contributed by atoms with E-state index < -0.39 is 0 Å². The molecular formula is C27H27N5O4S. The maximum absolute atomic E-state index is 12.3. The van der Waals surface area contributed by atoms with Crippen LogP contribution in [-0.2, 0) is 9.59 Å². The van der Waals surface area contributed by atoms with E-state index in [0.717, 1.165) is 27.8 Å². The summed E-state index contributed by atoms with van der Waals surface area (Å²) in [6, 6.07) is 18.6. The molecule has 3 aromatic carbocycles. The Balaban J connectivity index is 1.26. The molecule has 0 atom stereocenters. The highest BCUT2D eigenvalue weighted by Crippen LogP contribution is 2.27. The molecule has 0 radical (unpaired) electrons. The second-order valence-corrected chi connectivity index (χ2v) is 9.17. The second-order valence-electron chi connectivity index (χ2n) is 8.21. The molecule has 0 spiro atoms. The Labute approximate surface area is 218 Å². The molecule has 0 aliphatic carbocycles. The number of aromatic nitrogens is 2. The molecule has 0 saturated heterocycles. The molecule has 0 aliphatic rings. The minimum Gasteiger partial charge on any atom is -0.493 e. The van der Waals surface area contributed by atoms with Crippen molar-refractivity contribution in [2.45, 2.75) is 19.0 Å². The number of aromatic amines is 1. The average Bonchev–Trinajstić information content (AvgIpc) is 3.31. The van der Waals surface area contributed by atoms with Gasteiger partial charge in [0.05, 0.1) is 30.1 Å². The highest BCUT2D eigenvalue weighted by molar-refractivity contribution is 7.99. The number of hydrogen-bond donors (Lipinski definition) is 3. The van der Waals surface area contributed by atoms with Gasteiger partial charge in [-0.2, -0.15) is 5.10 Å². The van der Waals surface area contributed by atoms with Gasteiger partial charge in [-0.25, -0.2) is 10.4 Å². The second kappa shape index (κ2) is 12.1. The Bertz CT molecular complexity index is 1420. The third-order valence-electron chi connectivity index (χ3n) is 5.31. The fraction of sp³-hybridized carbons (Fsp3) is 0.185. The van der Waals surface area contributed by atoms with Gasteiger partial charge in [-0.05, 0) is 61.4 Å². The average molecular weight is 518 g/mol. The number of aryl methyl sites for hydroxylation is 2. The Morgan fingerprint density at radius 2 is 1.89 bits per heavy atom. The topological polar surface area (TPSA) is 118 Å². The van der Waals surface area contributed by atoms with E-state index in [1.54, 1.807) is 18.2 Å². The van der Waals surface area contributed by atoms with Crippen LogP contribution in [-0.4, -0.2) is 47.5 Å². The molecule has 0 bridgehead atoms. The number of thioether (sulfide) groups is 1. The van der Waals surface area contributed by atoms with E-state index in [1.165, 1.54) is 25.1 Å². The molecule has 3 N–H and O–H groups in total. The molecule has 1 heterocycles. The number of rotatable bonds is 10. The predicted octanol–water partition coefficient (Wildman–Crippen LogP) is 4.45. The number of hydrogen-bond acceptors (Lipinski definition) is 7. The zero-order chi connectivity index (χ0) is 26.2. The molecule has 4 rings (SSSR count). The number of fused-ring (bicyclic) bond motifs is 1. The van der Waals surface area contributed by atoms with Crippen molar-refractivity contribution in [1.29, 1.82) is 0 Å². The SMILES string of the molecule is COc1cc(/C=N/NC(=O)CSc2nc3ccccc3[nH]2)ccc1OCC(=O)Nc1ccc(C)cc1C. The number of imidazole rings is 1. The van der Waals surface area contributed by atoms with E-state index in [2.05, 4.69) is 25.8 Å². The third kappa shape index (κ3) is 7.11. The Morgan fingerprint density at radius 3 is 2.68 bits per heavy atom. The molecule has 37 heavy (non-hydrogen) atoms. The molecular weight excluding hydrogens is 490 g/mol. The number of H-pyrrole nitrogens is 1. The highest BCUT2D eigenvalue weighted by Gasteiger charge is 2.10. The van der Waals surface area contributed by atoms with Crippen LogP contribution in [0.2, 0.25) is 0 Å². The molecule has 9 nitrogen and oxygen atoms in total. The molecule has 0 unspecified atom stereocenters. The van der Waals surface area contributed by atoms with Crippen molar-refractivity contribution in [3.63, 3.8) is 0 Å². The summed E-state index contributed by atoms with van der Waals surface area (Å²) in [7, 11) is 1.51. The molecule has 0 saturated carbocycles. The van der Waals surface area contributed by atoms with Crippen LogP contribution in [0.3, 0.4) is 0 Å². The first-order valence-corrected chi connectivity index (χ1v) is 12.5. The van der Waals surface area contributed by atoms with E-state index in [4.69, 9.17) is 9.47 Å². The van der Waals surface area contributed by atoms with Gasteiger partial charge in [0.25, 0.3) is 11.8 Å². The van der Waals surface area contributed by atoms with Crippen LogP contribution in [0.4, 0.5) is 5.69 Å². The zero-order valence-electron chi connectivity index (χ0n) is 20.7. The van der Waals surface area contributed by atoms with Gasteiger partial charge < -0.3 is 19.8 Å². The fourth-order valence-corrected chi connectivity index (χ4v) is 4.19. The van der Waals surface area contributed by atoms with Crippen molar-refractivity contribution in [2.24, 2.45) is 5.10 Å². The van der Waals surface area contributed by atoms with E-state index in [9.17, 15) is 9.59 Å². The van der Waals surface area contributed by atoms with Gasteiger partial charge in [0.2, 0.25) is 0 Å². The van der Waals surface area contributed by atoms with Gasteiger partial charge >= 0.3 is 0 Å². The zero-order valence-corrected chi connectivity index (χ0v) is 21.5. The quantitative estimate of drug-likeness (QED) is 0.163. The molecule has 4 aromatic rings. The van der Waals surface area contributed by atoms with Crippen LogP contribution in [0, 0.1) is 13.8 Å². The van der Waals surface area contributed by atoms with E-state index in [1.807, 2.05) is 56.3 Å². The number of ether oxygens (including phenoxy) is 2. The van der Waals surface area contributed by atoms with Crippen molar-refractivity contribution < 1.29 is 19.1 Å². The summed E-state index contributed by atoms with van der Waals surface area (Å²) in [6.45, 7) is 3.77. The van der Waals surface area contributed by atoms with Gasteiger partial charge in [-0.15, -0.1) is 0 Å². The van der Waals surface area contributed by atoms with Crippen LogP contribution in [0.5, 0.6) is 11.5 Å². The Kier molecular flexibility index (Phi) is 8.42. The maximum Gasteiger partial charge on any atom is 0.262 e. The number of benzene rings is 3. The summed E-state index contributed by atoms with van der Waals surface area (Å²) in [5.41, 5.74) is 7.82. The summed E-state index contributed by atoms with van der Waals surface area (Å²) in [4.78, 5) is 32.1. The molecule has 10 heteroatoms. The molecule has 0 fully saturated rings. The van der Waals surface area contributed by atoms with Gasteiger partial charge in [0.1, 0.15) is 0 Å². The number of carbonyl (C=O) groups is 2. The Hall–Kier alpha value is -4.31. The first-order chi connectivity index (χ1) is 17.9. The minimum absolute atomic E-state index is 0.164. The van der Waals surface area contributed by atoms with Crippen LogP contribution in [0.25, 0.3) is 11.0 Å². The third-order valence-corrected chi connectivity index (χ3v) is 6.19. The number of methoxy groups -OCH3 is 1. The lowest BCUT2D eigenvalue weighted by Gasteiger charge is -2.12. The van der Waals surface area contributed by atoms with Crippen LogP contribution >= 0.6 is 11.8 Å². The predicted molar refractivity (Wildman–Crippen MR) is 146 cm³/mol. The number of carbonyl (C=O) groups excluding carboxylic acids is 2. The van der Waals surface area contributed by atoms with Gasteiger partial charge in [-0.1, -0.05) is 41.6 Å². The molecule has 1 aromatic heterocycles. The largest absolute Gasteiger partial charge is 0.493 e. The lowest BCUT2D eigenvalue weighted by molar-refractivity contribution is -0.119. The number of para-hydroxylation sites is 2. The van der Waals surface area contributed by atoms with E-state index in [0.29, 0.717) is 22.2 Å².